The Morgan fingerprint density at radius 3 is 2.47 bits per heavy atom. The second-order valence-electron chi connectivity index (χ2n) is 4.79. The van der Waals surface area contributed by atoms with Gasteiger partial charge in [0.25, 0.3) is 0 Å². The molecule has 0 N–H and O–H groups in total. The standard InChI is InChI=1S/C14H18O3/c1-15-13-12(11-7-3-2-4-8-11)16-14(17-13)9-5-6-10-14/h2-4,7-8,12-13H,5-6,9-10H2,1H3/t12-,13-/m0/s1. The van der Waals surface area contributed by atoms with E-state index in [-0.39, 0.29) is 18.2 Å². The molecule has 1 saturated heterocycles. The Morgan fingerprint density at radius 2 is 1.82 bits per heavy atom. The topological polar surface area (TPSA) is 27.7 Å². The summed E-state index contributed by atoms with van der Waals surface area (Å²) in [6, 6.07) is 10.2. The fourth-order valence-corrected chi connectivity index (χ4v) is 2.78. The van der Waals surface area contributed by atoms with Crippen LogP contribution in [0, 0.1) is 0 Å². The Hall–Kier alpha value is -0.900. The average molecular weight is 234 g/mol. The first-order valence-corrected chi connectivity index (χ1v) is 6.26. The molecule has 17 heavy (non-hydrogen) atoms. The fraction of sp³-hybridized carbons (Fsp3) is 0.571. The molecule has 2 aliphatic rings. The lowest BCUT2D eigenvalue weighted by molar-refractivity contribution is -0.200. The summed E-state index contributed by atoms with van der Waals surface area (Å²) in [7, 11) is 1.68. The second-order valence-corrected chi connectivity index (χ2v) is 4.79. The summed E-state index contributed by atoms with van der Waals surface area (Å²) in [6.07, 6.45) is 3.94. The maximum Gasteiger partial charge on any atom is 0.191 e. The number of methoxy groups -OCH3 is 1. The molecule has 2 atom stereocenters. The van der Waals surface area contributed by atoms with Gasteiger partial charge in [0.1, 0.15) is 6.10 Å². The van der Waals surface area contributed by atoms with Crippen LogP contribution in [-0.4, -0.2) is 19.2 Å². The van der Waals surface area contributed by atoms with Gasteiger partial charge in [0, 0.05) is 20.0 Å². The van der Waals surface area contributed by atoms with E-state index in [0.717, 1.165) is 18.4 Å². The predicted octanol–water partition coefficient (Wildman–Crippen LogP) is 3.02. The summed E-state index contributed by atoms with van der Waals surface area (Å²) in [4.78, 5) is 0. The van der Waals surface area contributed by atoms with E-state index < -0.39 is 0 Å². The van der Waals surface area contributed by atoms with Crippen molar-refractivity contribution in [3.05, 3.63) is 35.9 Å². The highest BCUT2D eigenvalue weighted by molar-refractivity contribution is 5.19. The van der Waals surface area contributed by atoms with Crippen LogP contribution < -0.4 is 0 Å². The van der Waals surface area contributed by atoms with E-state index in [9.17, 15) is 0 Å². The van der Waals surface area contributed by atoms with Crippen molar-refractivity contribution in [2.75, 3.05) is 7.11 Å². The van der Waals surface area contributed by atoms with Gasteiger partial charge < -0.3 is 14.2 Å². The van der Waals surface area contributed by atoms with Gasteiger partial charge in [0.15, 0.2) is 12.1 Å². The largest absolute Gasteiger partial charge is 0.353 e. The Bertz CT molecular complexity index is 370. The summed E-state index contributed by atoms with van der Waals surface area (Å²) in [6.45, 7) is 0. The first-order valence-electron chi connectivity index (χ1n) is 6.26. The van der Waals surface area contributed by atoms with E-state index in [0.29, 0.717) is 0 Å². The highest BCUT2D eigenvalue weighted by Gasteiger charge is 2.49. The van der Waals surface area contributed by atoms with Crippen LogP contribution in [0.25, 0.3) is 0 Å². The SMILES string of the molecule is CO[C@H]1OC2(CCCC2)O[C@H]1c1ccccc1. The molecule has 1 spiro atoms. The molecule has 1 aliphatic heterocycles. The molecule has 0 bridgehead atoms. The minimum absolute atomic E-state index is 0.0979. The maximum absolute atomic E-state index is 6.15. The van der Waals surface area contributed by atoms with Crippen molar-refractivity contribution in [2.24, 2.45) is 0 Å². The maximum atomic E-state index is 6.15. The number of hydrogen-bond acceptors (Lipinski definition) is 3. The van der Waals surface area contributed by atoms with Gasteiger partial charge in [-0.1, -0.05) is 30.3 Å². The third-order valence-electron chi connectivity index (χ3n) is 3.65. The Morgan fingerprint density at radius 1 is 1.12 bits per heavy atom. The van der Waals surface area contributed by atoms with Gasteiger partial charge in [0.2, 0.25) is 0 Å². The van der Waals surface area contributed by atoms with E-state index in [2.05, 4.69) is 12.1 Å². The Balaban J connectivity index is 1.84. The summed E-state index contributed by atoms with van der Waals surface area (Å²) >= 11 is 0. The molecule has 3 heteroatoms. The smallest absolute Gasteiger partial charge is 0.191 e. The molecular formula is C14H18O3. The third-order valence-corrected chi connectivity index (χ3v) is 3.65. The van der Waals surface area contributed by atoms with Crippen molar-refractivity contribution in [2.45, 2.75) is 43.9 Å². The van der Waals surface area contributed by atoms with Crippen molar-refractivity contribution in [1.29, 1.82) is 0 Å². The molecule has 0 radical (unpaired) electrons. The second kappa shape index (κ2) is 4.41. The highest BCUT2D eigenvalue weighted by Crippen LogP contribution is 2.47. The van der Waals surface area contributed by atoms with Crippen LogP contribution in [-0.2, 0) is 14.2 Å². The van der Waals surface area contributed by atoms with E-state index in [1.807, 2.05) is 18.2 Å². The van der Waals surface area contributed by atoms with Crippen LogP contribution in [0.3, 0.4) is 0 Å². The van der Waals surface area contributed by atoms with Crippen molar-refractivity contribution < 1.29 is 14.2 Å². The third kappa shape index (κ3) is 1.99. The molecule has 92 valence electrons. The Labute approximate surface area is 102 Å². The minimum Gasteiger partial charge on any atom is -0.353 e. The summed E-state index contributed by atoms with van der Waals surface area (Å²) in [5, 5.41) is 0. The molecule has 3 nitrogen and oxygen atoms in total. The number of hydrogen-bond donors (Lipinski definition) is 0. The van der Waals surface area contributed by atoms with Gasteiger partial charge >= 0.3 is 0 Å². The molecular weight excluding hydrogens is 216 g/mol. The lowest BCUT2D eigenvalue weighted by Gasteiger charge is -2.21. The molecule has 0 aromatic heterocycles. The molecule has 1 aliphatic carbocycles. The van der Waals surface area contributed by atoms with Gasteiger partial charge in [-0.15, -0.1) is 0 Å². The number of rotatable bonds is 2. The summed E-state index contributed by atoms with van der Waals surface area (Å²) in [5.74, 6) is -0.388. The van der Waals surface area contributed by atoms with Crippen LogP contribution in [0.5, 0.6) is 0 Å². The molecule has 1 aromatic carbocycles. The summed E-state index contributed by atoms with van der Waals surface area (Å²) < 4.78 is 17.6. The van der Waals surface area contributed by atoms with E-state index in [4.69, 9.17) is 14.2 Å². The Kier molecular flexibility index (Phi) is 2.90. The zero-order chi connectivity index (χ0) is 11.7. The predicted molar refractivity (Wildman–Crippen MR) is 63.3 cm³/mol. The van der Waals surface area contributed by atoms with Crippen LogP contribution >= 0.6 is 0 Å². The molecule has 1 saturated carbocycles. The fourth-order valence-electron chi connectivity index (χ4n) is 2.78. The van der Waals surface area contributed by atoms with Crippen LogP contribution in [0.2, 0.25) is 0 Å². The first-order chi connectivity index (χ1) is 8.33. The zero-order valence-corrected chi connectivity index (χ0v) is 10.1. The van der Waals surface area contributed by atoms with Crippen molar-refractivity contribution in [3.63, 3.8) is 0 Å². The molecule has 1 heterocycles. The van der Waals surface area contributed by atoms with Crippen LogP contribution in [0.1, 0.15) is 37.4 Å². The quantitative estimate of drug-likeness (QED) is 0.787. The minimum atomic E-state index is -0.388. The average Bonchev–Trinajstić information content (AvgIpc) is 2.98. The van der Waals surface area contributed by atoms with Crippen molar-refractivity contribution in [1.82, 2.24) is 0 Å². The van der Waals surface area contributed by atoms with Crippen molar-refractivity contribution >= 4 is 0 Å². The molecule has 1 aromatic rings. The molecule has 2 fully saturated rings. The van der Waals surface area contributed by atoms with Gasteiger partial charge in [-0.05, 0) is 18.4 Å². The summed E-state index contributed by atoms with van der Waals surface area (Å²) in [5.41, 5.74) is 1.13. The lowest BCUT2D eigenvalue weighted by atomic mass is 10.1. The lowest BCUT2D eigenvalue weighted by Crippen LogP contribution is -2.26. The van der Waals surface area contributed by atoms with Crippen LogP contribution in [0.4, 0.5) is 0 Å². The number of benzene rings is 1. The van der Waals surface area contributed by atoms with E-state index in [1.165, 1.54) is 12.8 Å². The van der Waals surface area contributed by atoms with Gasteiger partial charge in [0.05, 0.1) is 0 Å². The van der Waals surface area contributed by atoms with E-state index >= 15 is 0 Å². The van der Waals surface area contributed by atoms with Gasteiger partial charge in [-0.3, -0.25) is 0 Å². The number of ether oxygens (including phenoxy) is 3. The molecule has 0 amide bonds. The van der Waals surface area contributed by atoms with Gasteiger partial charge in [-0.2, -0.15) is 0 Å². The van der Waals surface area contributed by atoms with Gasteiger partial charge in [-0.25, -0.2) is 0 Å². The zero-order valence-electron chi connectivity index (χ0n) is 10.1. The van der Waals surface area contributed by atoms with E-state index in [1.54, 1.807) is 7.11 Å². The normalized spacial score (nSPS) is 31.1. The van der Waals surface area contributed by atoms with Crippen molar-refractivity contribution in [3.8, 4) is 0 Å². The monoisotopic (exact) mass is 234 g/mol. The molecule has 3 rings (SSSR count). The van der Waals surface area contributed by atoms with Crippen LogP contribution in [0.15, 0.2) is 30.3 Å². The molecule has 0 unspecified atom stereocenters. The highest BCUT2D eigenvalue weighted by atomic mass is 16.8. The first kappa shape index (κ1) is 11.2.